The molecule has 0 radical (unpaired) electrons. The third-order valence-electron chi connectivity index (χ3n) is 12.1. The highest BCUT2D eigenvalue weighted by Gasteiger charge is 2.16. The van der Waals surface area contributed by atoms with Crippen LogP contribution in [-0.4, -0.2) is 36.4 Å². The highest BCUT2D eigenvalue weighted by molar-refractivity contribution is 5.70. The second-order valence-electron chi connectivity index (χ2n) is 18.0. The molecule has 0 fully saturated rings. The Labute approximate surface area is 362 Å². The third-order valence-corrected chi connectivity index (χ3v) is 12.1. The van der Waals surface area contributed by atoms with Crippen molar-refractivity contribution in [1.29, 1.82) is 0 Å². The summed E-state index contributed by atoms with van der Waals surface area (Å²) in [5, 5.41) is 9.63. The van der Waals surface area contributed by atoms with Gasteiger partial charge in [-0.1, -0.05) is 257 Å². The molecule has 0 aliphatic carbocycles. The summed E-state index contributed by atoms with van der Waals surface area (Å²) in [4.78, 5) is 24.5. The molecule has 58 heavy (non-hydrogen) atoms. The van der Waals surface area contributed by atoms with Crippen LogP contribution in [0.15, 0.2) is 12.2 Å². The zero-order chi connectivity index (χ0) is 42.1. The number of unbranched alkanes of at least 4 members (excludes halogenated alkanes) is 39. The average molecular weight is 819 g/mol. The number of rotatable bonds is 49. The Morgan fingerprint density at radius 2 is 0.638 bits per heavy atom. The minimum atomic E-state index is -0.767. The molecule has 0 rings (SSSR count). The predicted octanol–water partition coefficient (Wildman–Crippen LogP) is 17.2. The number of ether oxygens (including phenoxy) is 2. The Morgan fingerprint density at radius 3 is 0.931 bits per heavy atom. The molecular weight excluding hydrogens is 717 g/mol. The van der Waals surface area contributed by atoms with Gasteiger partial charge in [0.05, 0.1) is 6.61 Å². The van der Waals surface area contributed by atoms with E-state index in [4.69, 9.17) is 9.47 Å². The molecule has 0 bridgehead atoms. The van der Waals surface area contributed by atoms with Crippen molar-refractivity contribution >= 4 is 11.9 Å². The molecule has 1 N–H and O–H groups in total. The van der Waals surface area contributed by atoms with E-state index in [1.165, 1.54) is 238 Å². The molecule has 0 aromatic rings. The maximum atomic E-state index is 12.3. The molecule has 0 saturated carbocycles. The lowest BCUT2D eigenvalue weighted by Crippen LogP contribution is -2.28. The van der Waals surface area contributed by atoms with Gasteiger partial charge in [-0.05, 0) is 38.5 Å². The number of carbonyl (C=O) groups is 2. The molecule has 0 heterocycles. The van der Waals surface area contributed by atoms with E-state index >= 15 is 0 Å². The highest BCUT2D eigenvalue weighted by atomic mass is 16.6. The molecule has 0 aliphatic heterocycles. The molecule has 0 aromatic heterocycles. The van der Waals surface area contributed by atoms with Crippen molar-refractivity contribution in [3.8, 4) is 0 Å². The molecule has 1 unspecified atom stereocenters. The second-order valence-corrected chi connectivity index (χ2v) is 18.0. The van der Waals surface area contributed by atoms with Gasteiger partial charge in [0.1, 0.15) is 6.61 Å². The number of aliphatic hydroxyl groups excluding tert-OH is 1. The molecule has 0 aliphatic rings. The normalized spacial score (nSPS) is 12.1. The molecule has 0 spiro atoms. The molecule has 0 saturated heterocycles. The van der Waals surface area contributed by atoms with Gasteiger partial charge in [0.25, 0.3) is 0 Å². The zero-order valence-corrected chi connectivity index (χ0v) is 39.3. The summed E-state index contributed by atoms with van der Waals surface area (Å²) in [6.45, 7) is 4.19. The maximum Gasteiger partial charge on any atom is 0.306 e. The van der Waals surface area contributed by atoms with E-state index in [0.29, 0.717) is 12.8 Å². The summed E-state index contributed by atoms with van der Waals surface area (Å²) in [5.74, 6) is -0.573. The lowest BCUT2D eigenvalue weighted by atomic mass is 10.0. The van der Waals surface area contributed by atoms with Crippen LogP contribution >= 0.6 is 0 Å². The van der Waals surface area contributed by atoms with Gasteiger partial charge in [0.15, 0.2) is 6.10 Å². The van der Waals surface area contributed by atoms with Gasteiger partial charge in [-0.3, -0.25) is 9.59 Å². The Bertz CT molecular complexity index is 840. The topological polar surface area (TPSA) is 72.8 Å². The zero-order valence-electron chi connectivity index (χ0n) is 39.3. The van der Waals surface area contributed by atoms with Crippen LogP contribution in [0.25, 0.3) is 0 Å². The van der Waals surface area contributed by atoms with Gasteiger partial charge in [0, 0.05) is 12.8 Å². The molecule has 344 valence electrons. The fraction of sp³-hybridized carbons (Fsp3) is 0.925. The highest BCUT2D eigenvalue weighted by Crippen LogP contribution is 2.17. The molecule has 5 nitrogen and oxygen atoms in total. The number of hydrogen-bond acceptors (Lipinski definition) is 5. The van der Waals surface area contributed by atoms with Crippen molar-refractivity contribution in [1.82, 2.24) is 0 Å². The van der Waals surface area contributed by atoms with Crippen LogP contribution in [0.1, 0.15) is 296 Å². The number of aliphatic hydroxyl groups is 1. The van der Waals surface area contributed by atoms with E-state index in [9.17, 15) is 14.7 Å². The summed E-state index contributed by atoms with van der Waals surface area (Å²) in [6.07, 6.45) is 60.3. The molecular formula is C53H102O5. The number of allylic oxidation sites excluding steroid dienone is 2. The van der Waals surface area contributed by atoms with Crippen LogP contribution < -0.4 is 0 Å². The largest absolute Gasteiger partial charge is 0.462 e. The lowest BCUT2D eigenvalue weighted by molar-refractivity contribution is -0.161. The predicted molar refractivity (Wildman–Crippen MR) is 252 cm³/mol. The fourth-order valence-electron chi connectivity index (χ4n) is 8.08. The Morgan fingerprint density at radius 1 is 0.379 bits per heavy atom. The summed E-state index contributed by atoms with van der Waals surface area (Å²) in [7, 11) is 0. The standard InChI is InChI=1S/C53H102O5/c1-3-5-7-9-11-13-15-17-19-21-23-25-26-28-29-31-33-35-37-39-41-43-45-47-52(55)57-50-51(49-54)58-53(56)48-46-44-42-40-38-36-34-32-30-27-24-22-20-18-16-14-12-10-8-6-4-2/h22,24,51,54H,3-21,23,25-50H2,1-2H3/b24-22-. The smallest absolute Gasteiger partial charge is 0.306 e. The first-order valence-corrected chi connectivity index (χ1v) is 26.2. The van der Waals surface area contributed by atoms with Crippen molar-refractivity contribution in [2.75, 3.05) is 13.2 Å². The van der Waals surface area contributed by atoms with E-state index < -0.39 is 6.10 Å². The van der Waals surface area contributed by atoms with Crippen molar-refractivity contribution in [2.45, 2.75) is 302 Å². The quantitative estimate of drug-likeness (QED) is 0.0376. The first-order chi connectivity index (χ1) is 28.6. The van der Waals surface area contributed by atoms with Gasteiger partial charge in [-0.25, -0.2) is 0 Å². The van der Waals surface area contributed by atoms with Crippen LogP contribution in [0.2, 0.25) is 0 Å². The Balaban J connectivity index is 3.44. The number of carbonyl (C=O) groups excluding carboxylic acids is 2. The Kier molecular flexibility index (Phi) is 48.8. The van der Waals surface area contributed by atoms with Gasteiger partial charge >= 0.3 is 11.9 Å². The first-order valence-electron chi connectivity index (χ1n) is 26.2. The SMILES string of the molecule is CCCCCCCCCC/C=C\CCCCCCCCCCCC(=O)OC(CO)COC(=O)CCCCCCCCCCCCCCCCCCCCCCCCC. The van der Waals surface area contributed by atoms with Crippen LogP contribution in [0.3, 0.4) is 0 Å². The van der Waals surface area contributed by atoms with Crippen LogP contribution in [0, 0.1) is 0 Å². The van der Waals surface area contributed by atoms with E-state index in [2.05, 4.69) is 26.0 Å². The summed E-state index contributed by atoms with van der Waals surface area (Å²) < 4.78 is 10.7. The molecule has 0 aromatic carbocycles. The lowest BCUT2D eigenvalue weighted by Gasteiger charge is -2.15. The van der Waals surface area contributed by atoms with E-state index in [-0.39, 0.29) is 25.2 Å². The minimum absolute atomic E-state index is 0.0595. The fourth-order valence-corrected chi connectivity index (χ4v) is 8.08. The van der Waals surface area contributed by atoms with Gasteiger partial charge in [-0.15, -0.1) is 0 Å². The van der Waals surface area contributed by atoms with E-state index in [0.717, 1.165) is 32.1 Å². The van der Waals surface area contributed by atoms with Crippen molar-refractivity contribution in [3.05, 3.63) is 12.2 Å². The molecule has 5 heteroatoms. The van der Waals surface area contributed by atoms with E-state index in [1.807, 2.05) is 0 Å². The van der Waals surface area contributed by atoms with Gasteiger partial charge in [0.2, 0.25) is 0 Å². The van der Waals surface area contributed by atoms with Crippen molar-refractivity contribution in [3.63, 3.8) is 0 Å². The summed E-state index contributed by atoms with van der Waals surface area (Å²) in [5.41, 5.74) is 0. The number of esters is 2. The van der Waals surface area contributed by atoms with Gasteiger partial charge in [-0.2, -0.15) is 0 Å². The monoisotopic (exact) mass is 819 g/mol. The molecule has 0 amide bonds. The molecule has 1 atom stereocenters. The van der Waals surface area contributed by atoms with Gasteiger partial charge < -0.3 is 14.6 Å². The Hall–Kier alpha value is -1.36. The van der Waals surface area contributed by atoms with Crippen LogP contribution in [0.5, 0.6) is 0 Å². The average Bonchev–Trinajstić information content (AvgIpc) is 3.23. The first kappa shape index (κ1) is 56.6. The van der Waals surface area contributed by atoms with Crippen molar-refractivity contribution < 1.29 is 24.2 Å². The second kappa shape index (κ2) is 50.0. The summed E-state index contributed by atoms with van der Waals surface area (Å²) in [6, 6.07) is 0. The van der Waals surface area contributed by atoms with E-state index in [1.54, 1.807) is 0 Å². The minimum Gasteiger partial charge on any atom is -0.462 e. The summed E-state index contributed by atoms with van der Waals surface area (Å²) >= 11 is 0. The van der Waals surface area contributed by atoms with Crippen molar-refractivity contribution in [2.24, 2.45) is 0 Å². The maximum absolute atomic E-state index is 12.3. The third kappa shape index (κ3) is 47.3. The van der Waals surface area contributed by atoms with Crippen LogP contribution in [-0.2, 0) is 19.1 Å². The van der Waals surface area contributed by atoms with Crippen LogP contribution in [0.4, 0.5) is 0 Å². The number of hydrogen-bond donors (Lipinski definition) is 1.